The van der Waals surface area contributed by atoms with Gasteiger partial charge in [-0.25, -0.2) is 0 Å². The van der Waals surface area contributed by atoms with Gasteiger partial charge in [-0.2, -0.15) is 0 Å². The summed E-state index contributed by atoms with van der Waals surface area (Å²) in [4.78, 5) is 2.43. The van der Waals surface area contributed by atoms with Crippen molar-refractivity contribution in [3.05, 3.63) is 277 Å². The average Bonchev–Trinajstić information content (AvgIpc) is 3.86. The van der Waals surface area contributed by atoms with Crippen molar-refractivity contribution in [2.24, 2.45) is 0 Å². The fraction of sp³-hybridized carbons (Fsp3) is 0.0164. The van der Waals surface area contributed by atoms with E-state index in [4.69, 9.17) is 0 Å². The number of para-hydroxylation sites is 4. The van der Waals surface area contributed by atoms with Gasteiger partial charge in [0.05, 0.1) is 22.1 Å². The number of fused-ring (bicyclic) bond motifs is 6. The van der Waals surface area contributed by atoms with Gasteiger partial charge < -0.3 is 9.47 Å². The first kappa shape index (κ1) is 36.6. The Morgan fingerprint density at radius 3 is 1.43 bits per heavy atom. The summed E-state index contributed by atoms with van der Waals surface area (Å²) in [5.41, 5.74) is 18.6. The van der Waals surface area contributed by atoms with E-state index < -0.39 is 5.41 Å². The van der Waals surface area contributed by atoms with Crippen LogP contribution in [0.1, 0.15) is 22.3 Å². The molecule has 1 aliphatic rings. The summed E-state index contributed by atoms with van der Waals surface area (Å²) >= 11 is 0. The Balaban J connectivity index is 1.09. The predicted octanol–water partition coefficient (Wildman–Crippen LogP) is 16.0. The van der Waals surface area contributed by atoms with E-state index in [0.29, 0.717) is 0 Å². The number of benzene rings is 10. The van der Waals surface area contributed by atoms with Gasteiger partial charge in [0.1, 0.15) is 0 Å². The first-order chi connectivity index (χ1) is 31.3. The van der Waals surface area contributed by atoms with E-state index >= 15 is 0 Å². The highest BCUT2D eigenvalue weighted by atomic mass is 15.1. The largest absolute Gasteiger partial charge is 0.310 e. The molecule has 2 heteroatoms. The lowest BCUT2D eigenvalue weighted by molar-refractivity contribution is 0.768. The second-order valence-electron chi connectivity index (χ2n) is 16.4. The monoisotopic (exact) mass is 802 g/mol. The second kappa shape index (κ2) is 15.1. The molecule has 0 saturated carbocycles. The van der Waals surface area contributed by atoms with Crippen molar-refractivity contribution in [3.63, 3.8) is 0 Å². The van der Waals surface area contributed by atoms with Crippen molar-refractivity contribution in [2.75, 3.05) is 4.90 Å². The number of anilines is 3. The van der Waals surface area contributed by atoms with Crippen LogP contribution in [0.25, 0.3) is 60.9 Å². The molecular formula is C61H42N2. The van der Waals surface area contributed by atoms with Gasteiger partial charge in [0, 0.05) is 33.4 Å². The van der Waals surface area contributed by atoms with Crippen LogP contribution in [-0.2, 0) is 5.41 Å². The third-order valence-corrected chi connectivity index (χ3v) is 13.1. The lowest BCUT2D eigenvalue weighted by Gasteiger charge is -2.35. The van der Waals surface area contributed by atoms with E-state index in [9.17, 15) is 0 Å². The molecule has 11 aromatic rings. The third kappa shape index (κ3) is 5.80. The van der Waals surface area contributed by atoms with Crippen LogP contribution in [0, 0.1) is 0 Å². The Kier molecular flexibility index (Phi) is 8.76. The quantitative estimate of drug-likeness (QED) is 0.149. The lowest BCUT2D eigenvalue weighted by Crippen LogP contribution is -2.28. The Morgan fingerprint density at radius 1 is 0.302 bits per heavy atom. The van der Waals surface area contributed by atoms with Gasteiger partial charge in [-0.05, 0) is 105 Å². The maximum absolute atomic E-state index is 2.45. The molecule has 10 aromatic carbocycles. The number of nitrogens with zero attached hydrogens (tertiary/aromatic N) is 2. The van der Waals surface area contributed by atoms with Crippen molar-refractivity contribution < 1.29 is 0 Å². The average molecular weight is 803 g/mol. The molecule has 0 atom stereocenters. The Bertz CT molecular complexity index is 3350. The van der Waals surface area contributed by atoms with Crippen molar-refractivity contribution in [3.8, 4) is 39.1 Å². The normalized spacial score (nSPS) is 12.6. The Hall–Kier alpha value is -8.20. The van der Waals surface area contributed by atoms with Gasteiger partial charge in [0.15, 0.2) is 0 Å². The van der Waals surface area contributed by atoms with E-state index in [0.717, 1.165) is 28.3 Å². The fourth-order valence-corrected chi connectivity index (χ4v) is 10.4. The van der Waals surface area contributed by atoms with Gasteiger partial charge in [-0.3, -0.25) is 0 Å². The van der Waals surface area contributed by atoms with Crippen LogP contribution in [0.2, 0.25) is 0 Å². The molecule has 12 rings (SSSR count). The number of hydrogen-bond acceptors (Lipinski definition) is 1. The fourth-order valence-electron chi connectivity index (χ4n) is 10.4. The summed E-state index contributed by atoms with van der Waals surface area (Å²) < 4.78 is 2.44. The van der Waals surface area contributed by atoms with Gasteiger partial charge in [0.25, 0.3) is 0 Å². The van der Waals surface area contributed by atoms with E-state index in [1.165, 1.54) is 71.9 Å². The van der Waals surface area contributed by atoms with Crippen molar-refractivity contribution >= 4 is 38.9 Å². The number of aromatic nitrogens is 1. The van der Waals surface area contributed by atoms with Gasteiger partial charge in [-0.1, -0.05) is 200 Å². The van der Waals surface area contributed by atoms with E-state index in [2.05, 4.69) is 264 Å². The zero-order chi connectivity index (χ0) is 41.7. The Morgan fingerprint density at radius 2 is 0.778 bits per heavy atom. The topological polar surface area (TPSA) is 8.17 Å². The molecule has 0 saturated heterocycles. The zero-order valence-corrected chi connectivity index (χ0v) is 34.6. The molecular weight excluding hydrogens is 761 g/mol. The molecule has 0 spiro atoms. The minimum atomic E-state index is -0.512. The highest BCUT2D eigenvalue weighted by Gasteiger charge is 2.46. The van der Waals surface area contributed by atoms with E-state index in [-0.39, 0.29) is 0 Å². The van der Waals surface area contributed by atoms with Crippen molar-refractivity contribution in [1.29, 1.82) is 0 Å². The molecule has 0 unspecified atom stereocenters. The highest BCUT2D eigenvalue weighted by molar-refractivity contribution is 6.10. The highest BCUT2D eigenvalue weighted by Crippen LogP contribution is 2.57. The van der Waals surface area contributed by atoms with Crippen LogP contribution in [-0.4, -0.2) is 4.57 Å². The summed E-state index contributed by atoms with van der Waals surface area (Å²) in [6, 6.07) is 93.3. The van der Waals surface area contributed by atoms with Crippen LogP contribution >= 0.6 is 0 Å². The lowest BCUT2D eigenvalue weighted by atomic mass is 9.67. The van der Waals surface area contributed by atoms with Crippen LogP contribution in [0.3, 0.4) is 0 Å². The van der Waals surface area contributed by atoms with Crippen LogP contribution < -0.4 is 4.90 Å². The predicted molar refractivity (Wildman–Crippen MR) is 264 cm³/mol. The van der Waals surface area contributed by atoms with Gasteiger partial charge >= 0.3 is 0 Å². The first-order valence-corrected chi connectivity index (χ1v) is 21.8. The summed E-state index contributed by atoms with van der Waals surface area (Å²) in [6.45, 7) is 0. The summed E-state index contributed by atoms with van der Waals surface area (Å²) in [6.07, 6.45) is 0. The van der Waals surface area contributed by atoms with Gasteiger partial charge in [0.2, 0.25) is 0 Å². The maximum atomic E-state index is 2.45. The van der Waals surface area contributed by atoms with Crippen LogP contribution in [0.15, 0.2) is 255 Å². The first-order valence-electron chi connectivity index (χ1n) is 21.8. The van der Waals surface area contributed by atoms with E-state index in [1.54, 1.807) is 0 Å². The number of hydrogen-bond donors (Lipinski definition) is 0. The third-order valence-electron chi connectivity index (χ3n) is 13.1. The minimum absolute atomic E-state index is 0.512. The van der Waals surface area contributed by atoms with Crippen LogP contribution in [0.5, 0.6) is 0 Å². The molecule has 0 bridgehead atoms. The molecule has 296 valence electrons. The molecule has 0 N–H and O–H groups in total. The smallest absolute Gasteiger partial charge is 0.0714 e. The van der Waals surface area contributed by atoms with Crippen LogP contribution in [0.4, 0.5) is 17.1 Å². The summed E-state index contributed by atoms with van der Waals surface area (Å²) in [7, 11) is 0. The van der Waals surface area contributed by atoms with Crippen molar-refractivity contribution in [2.45, 2.75) is 5.41 Å². The summed E-state index contributed by atoms with van der Waals surface area (Å²) in [5, 5.41) is 2.50. The molecule has 0 radical (unpaired) electrons. The molecule has 63 heavy (non-hydrogen) atoms. The molecule has 1 aromatic heterocycles. The molecule has 0 fully saturated rings. The van der Waals surface area contributed by atoms with Crippen molar-refractivity contribution in [1.82, 2.24) is 4.57 Å². The molecule has 1 heterocycles. The molecule has 2 nitrogen and oxygen atoms in total. The molecule has 0 aliphatic heterocycles. The number of rotatable bonds is 8. The van der Waals surface area contributed by atoms with E-state index in [1.807, 2.05) is 0 Å². The summed E-state index contributed by atoms with van der Waals surface area (Å²) in [5.74, 6) is 0. The zero-order valence-electron chi connectivity index (χ0n) is 34.6. The van der Waals surface area contributed by atoms with Gasteiger partial charge in [-0.15, -0.1) is 0 Å². The minimum Gasteiger partial charge on any atom is -0.310 e. The second-order valence-corrected chi connectivity index (χ2v) is 16.4. The maximum Gasteiger partial charge on any atom is 0.0714 e. The Labute approximate surface area is 368 Å². The SMILES string of the molecule is c1ccc(-c2cc(N(c3ccccc3)c3ccc4c(c3)C(c3ccccc3)(c3ccccc3)c3ccccc3-4)ccc2-c2ccccc2-n2c3ccccc3c3ccccc32)cc1. The standard InChI is InChI=1S/C61H42N2/c1-5-21-43(22-6-1)55-41-47(37-39-49(55)52-30-14-18-34-58(52)63-59-35-19-15-31-53(59)54-32-16-20-36-60(54)63)62(46-27-11-4-12-28-46)48-38-40-51-50-29-13-17-33-56(50)61(57(51)42-48,44-23-7-2-8-24-44)45-25-9-3-10-26-45/h1-42H. The molecule has 1 aliphatic carbocycles. The molecule has 0 amide bonds.